The van der Waals surface area contributed by atoms with Crippen LogP contribution in [0.5, 0.6) is 0 Å². The molecule has 136 valence electrons. The second-order valence-electron chi connectivity index (χ2n) is 6.54. The Balaban J connectivity index is 1.31. The van der Waals surface area contributed by atoms with Crippen molar-refractivity contribution in [1.29, 1.82) is 0 Å². The minimum atomic E-state index is -0.328. The number of amides is 3. The number of hydrogen-bond donors (Lipinski definition) is 1. The molecule has 2 aromatic rings. The summed E-state index contributed by atoms with van der Waals surface area (Å²) in [5.74, 6) is 0.977. The molecule has 1 fully saturated rings. The highest BCUT2D eigenvalue weighted by Crippen LogP contribution is 2.25. The van der Waals surface area contributed by atoms with Gasteiger partial charge >= 0.3 is 6.03 Å². The second-order valence-corrected chi connectivity index (χ2v) is 6.54. The third kappa shape index (κ3) is 3.40. The lowest BCUT2D eigenvalue weighted by molar-refractivity contribution is -0.128. The molecule has 2 aliphatic rings. The monoisotopic (exact) mass is 358 g/mol. The van der Waals surface area contributed by atoms with E-state index in [1.807, 2.05) is 0 Å². The Bertz CT molecular complexity index is 827. The lowest BCUT2D eigenvalue weighted by Gasteiger charge is -2.16. The first-order valence-electron chi connectivity index (χ1n) is 8.61. The van der Waals surface area contributed by atoms with Gasteiger partial charge in [-0.1, -0.05) is 12.1 Å². The lowest BCUT2D eigenvalue weighted by Crippen LogP contribution is -2.36. The summed E-state index contributed by atoms with van der Waals surface area (Å²) in [5.41, 5.74) is 1.43. The van der Waals surface area contributed by atoms with Gasteiger partial charge < -0.3 is 19.5 Å². The predicted molar refractivity (Wildman–Crippen MR) is 89.0 cm³/mol. The average molecular weight is 358 g/mol. The number of hydrogen-bond acceptors (Lipinski definition) is 4. The highest BCUT2D eigenvalue weighted by atomic mass is 19.1. The van der Waals surface area contributed by atoms with E-state index < -0.39 is 0 Å². The van der Waals surface area contributed by atoms with E-state index in [4.69, 9.17) is 4.42 Å². The van der Waals surface area contributed by atoms with E-state index in [9.17, 15) is 14.0 Å². The van der Waals surface area contributed by atoms with Gasteiger partial charge in [0, 0.05) is 19.5 Å². The van der Waals surface area contributed by atoms with Gasteiger partial charge in [-0.3, -0.25) is 4.79 Å². The highest BCUT2D eigenvalue weighted by molar-refractivity contribution is 5.78. The molecular weight excluding hydrogens is 339 g/mol. The molecule has 0 spiro atoms. The lowest BCUT2D eigenvalue weighted by atomic mass is 10.2. The first-order valence-corrected chi connectivity index (χ1v) is 8.61. The fourth-order valence-electron chi connectivity index (χ4n) is 3.28. The predicted octanol–water partition coefficient (Wildman–Crippen LogP) is 2.16. The Kier molecular flexibility index (Phi) is 4.32. The normalized spacial score (nSPS) is 16.3. The van der Waals surface area contributed by atoms with Crippen LogP contribution in [0.4, 0.5) is 9.18 Å². The number of fused-ring (bicyclic) bond motifs is 1. The van der Waals surface area contributed by atoms with Crippen molar-refractivity contribution in [3.8, 4) is 0 Å². The van der Waals surface area contributed by atoms with Crippen molar-refractivity contribution in [2.24, 2.45) is 0 Å². The van der Waals surface area contributed by atoms with Crippen LogP contribution in [0.25, 0.3) is 0 Å². The zero-order valence-corrected chi connectivity index (χ0v) is 14.2. The molecule has 0 saturated carbocycles. The van der Waals surface area contributed by atoms with Crippen molar-refractivity contribution in [3.05, 3.63) is 53.0 Å². The molecule has 0 aliphatic carbocycles. The molecule has 4 rings (SSSR count). The van der Waals surface area contributed by atoms with E-state index in [-0.39, 0.29) is 24.3 Å². The highest BCUT2D eigenvalue weighted by Gasteiger charge is 2.30. The first-order chi connectivity index (χ1) is 12.6. The standard InChI is InChI=1S/C18H19FN4O3/c19-13-4-1-3-12(7-13)8-20-18(25)23-9-14-15(10-23)26-16(21-14)11-22-6-2-5-17(22)24/h1,3-4,7H,2,5-6,8-11H2,(H,20,25). The van der Waals surface area contributed by atoms with E-state index >= 15 is 0 Å². The van der Waals surface area contributed by atoms with Gasteiger partial charge in [-0.15, -0.1) is 0 Å². The molecular formula is C18H19FN4O3. The van der Waals surface area contributed by atoms with Crippen LogP contribution in [-0.2, 0) is 31.0 Å². The molecule has 3 heterocycles. The van der Waals surface area contributed by atoms with E-state index in [2.05, 4.69) is 10.3 Å². The average Bonchev–Trinajstić information content (AvgIpc) is 3.28. The van der Waals surface area contributed by atoms with Gasteiger partial charge in [0.05, 0.1) is 19.6 Å². The number of carbonyl (C=O) groups excluding carboxylic acids is 2. The van der Waals surface area contributed by atoms with Gasteiger partial charge in [0.15, 0.2) is 0 Å². The van der Waals surface area contributed by atoms with E-state index in [1.165, 1.54) is 12.1 Å². The Hall–Kier alpha value is -2.90. The molecule has 2 aliphatic heterocycles. The van der Waals surface area contributed by atoms with Crippen molar-refractivity contribution < 1.29 is 18.4 Å². The van der Waals surface area contributed by atoms with E-state index in [0.29, 0.717) is 43.3 Å². The van der Waals surface area contributed by atoms with Crippen LogP contribution in [-0.4, -0.2) is 33.3 Å². The number of nitrogens with zero attached hydrogens (tertiary/aromatic N) is 3. The number of benzene rings is 1. The summed E-state index contributed by atoms with van der Waals surface area (Å²) in [7, 11) is 0. The third-order valence-electron chi connectivity index (χ3n) is 4.62. The van der Waals surface area contributed by atoms with Crippen molar-refractivity contribution in [2.45, 2.75) is 39.0 Å². The number of nitrogens with one attached hydrogen (secondary N) is 1. The van der Waals surface area contributed by atoms with Gasteiger partial charge in [-0.05, 0) is 24.1 Å². The van der Waals surface area contributed by atoms with E-state index in [0.717, 1.165) is 18.7 Å². The number of aromatic nitrogens is 1. The minimum absolute atomic E-state index is 0.127. The Labute approximate surface area is 149 Å². The minimum Gasteiger partial charge on any atom is -0.441 e. The number of urea groups is 1. The molecule has 1 aromatic heterocycles. The molecule has 26 heavy (non-hydrogen) atoms. The van der Waals surface area contributed by atoms with Crippen LogP contribution in [0, 0.1) is 5.82 Å². The van der Waals surface area contributed by atoms with Crippen LogP contribution in [0.1, 0.15) is 35.7 Å². The van der Waals surface area contributed by atoms with Crippen LogP contribution >= 0.6 is 0 Å². The van der Waals surface area contributed by atoms with Crippen molar-refractivity contribution in [1.82, 2.24) is 20.1 Å². The molecule has 1 saturated heterocycles. The zero-order valence-electron chi connectivity index (χ0n) is 14.2. The molecule has 8 heteroatoms. The number of rotatable bonds is 4. The molecule has 0 unspecified atom stereocenters. The number of carbonyl (C=O) groups is 2. The van der Waals surface area contributed by atoms with Crippen molar-refractivity contribution in [3.63, 3.8) is 0 Å². The summed E-state index contributed by atoms with van der Waals surface area (Å²) in [6, 6.07) is 5.87. The van der Waals surface area contributed by atoms with Gasteiger partial charge in [0.1, 0.15) is 17.3 Å². The summed E-state index contributed by atoms with van der Waals surface area (Å²) in [4.78, 5) is 31.7. The quantitative estimate of drug-likeness (QED) is 0.908. The van der Waals surface area contributed by atoms with Gasteiger partial charge in [-0.25, -0.2) is 14.2 Å². The summed E-state index contributed by atoms with van der Waals surface area (Å²) in [5, 5.41) is 2.77. The van der Waals surface area contributed by atoms with Gasteiger partial charge in [0.2, 0.25) is 11.8 Å². The van der Waals surface area contributed by atoms with Crippen LogP contribution in [0.15, 0.2) is 28.7 Å². The van der Waals surface area contributed by atoms with Gasteiger partial charge in [-0.2, -0.15) is 0 Å². The number of likely N-dealkylation sites (tertiary alicyclic amines) is 1. The smallest absolute Gasteiger partial charge is 0.318 e. The van der Waals surface area contributed by atoms with Crippen LogP contribution in [0.2, 0.25) is 0 Å². The maximum absolute atomic E-state index is 13.2. The molecule has 3 amide bonds. The molecule has 1 N–H and O–H groups in total. The zero-order chi connectivity index (χ0) is 18.1. The Morgan fingerprint density at radius 2 is 2.23 bits per heavy atom. The van der Waals surface area contributed by atoms with Crippen LogP contribution in [0.3, 0.4) is 0 Å². The molecule has 1 aromatic carbocycles. The number of oxazole rings is 1. The molecule has 0 radical (unpaired) electrons. The first kappa shape index (κ1) is 16.6. The second kappa shape index (κ2) is 6.78. The van der Waals surface area contributed by atoms with Crippen molar-refractivity contribution >= 4 is 11.9 Å². The maximum Gasteiger partial charge on any atom is 0.318 e. The molecule has 0 atom stereocenters. The fraction of sp³-hybridized carbons (Fsp3) is 0.389. The van der Waals surface area contributed by atoms with Crippen LogP contribution < -0.4 is 5.32 Å². The third-order valence-corrected chi connectivity index (χ3v) is 4.62. The van der Waals surface area contributed by atoms with Gasteiger partial charge in [0.25, 0.3) is 0 Å². The maximum atomic E-state index is 13.2. The number of halogens is 1. The summed E-state index contributed by atoms with van der Waals surface area (Å²) in [6.07, 6.45) is 1.46. The largest absolute Gasteiger partial charge is 0.441 e. The summed E-state index contributed by atoms with van der Waals surface area (Å²) < 4.78 is 18.9. The Morgan fingerprint density at radius 1 is 1.35 bits per heavy atom. The Morgan fingerprint density at radius 3 is 2.96 bits per heavy atom. The molecule has 0 bridgehead atoms. The summed E-state index contributed by atoms with van der Waals surface area (Å²) >= 11 is 0. The molecule has 7 nitrogen and oxygen atoms in total. The van der Waals surface area contributed by atoms with E-state index in [1.54, 1.807) is 21.9 Å². The summed E-state index contributed by atoms with van der Waals surface area (Å²) in [6.45, 7) is 2.08. The SMILES string of the molecule is O=C1CCCN1Cc1nc2c(o1)CN(C(=O)NCc1cccc(F)c1)C2. The topological polar surface area (TPSA) is 78.7 Å². The fourth-order valence-corrected chi connectivity index (χ4v) is 3.28. The van der Waals surface area contributed by atoms with Crippen molar-refractivity contribution in [2.75, 3.05) is 6.54 Å².